The minimum absolute atomic E-state index is 0.0232. The zero-order valence-corrected chi connectivity index (χ0v) is 14.7. The van der Waals surface area contributed by atoms with Crippen LogP contribution < -0.4 is 5.32 Å². The molecule has 1 aromatic rings. The molecule has 2 rings (SSSR count). The van der Waals surface area contributed by atoms with Gasteiger partial charge in [-0.25, -0.2) is 0 Å². The van der Waals surface area contributed by atoms with Crippen molar-refractivity contribution in [1.82, 2.24) is 4.90 Å². The highest BCUT2D eigenvalue weighted by atomic mass is 16.2. The number of carbonyl (C=O) groups is 2. The Bertz CT molecular complexity index is 577. The Morgan fingerprint density at radius 1 is 1.13 bits per heavy atom. The quantitative estimate of drug-likeness (QED) is 0.836. The van der Waals surface area contributed by atoms with Crippen LogP contribution in [0.4, 0.5) is 5.69 Å². The number of hydrogen-bond acceptors (Lipinski definition) is 2. The van der Waals surface area contributed by atoms with Crippen molar-refractivity contribution in [2.24, 2.45) is 11.8 Å². The first-order valence-corrected chi connectivity index (χ1v) is 8.64. The van der Waals surface area contributed by atoms with Crippen LogP contribution in [0.3, 0.4) is 0 Å². The Morgan fingerprint density at radius 3 is 2.39 bits per heavy atom. The van der Waals surface area contributed by atoms with Crippen LogP contribution in [0.2, 0.25) is 0 Å². The summed E-state index contributed by atoms with van der Waals surface area (Å²) in [6.45, 7) is 9.71. The fourth-order valence-corrected chi connectivity index (χ4v) is 2.96. The second-order valence-corrected chi connectivity index (χ2v) is 6.58. The summed E-state index contributed by atoms with van der Waals surface area (Å²) in [5.41, 5.74) is 3.02. The maximum Gasteiger partial charge on any atom is 0.228 e. The van der Waals surface area contributed by atoms with E-state index in [1.165, 1.54) is 0 Å². The summed E-state index contributed by atoms with van der Waals surface area (Å²) in [5, 5.41) is 2.99. The molecule has 4 nitrogen and oxygen atoms in total. The van der Waals surface area contributed by atoms with E-state index in [0.717, 1.165) is 42.7 Å². The summed E-state index contributed by atoms with van der Waals surface area (Å²) >= 11 is 0. The van der Waals surface area contributed by atoms with Crippen LogP contribution in [0.5, 0.6) is 0 Å². The van der Waals surface area contributed by atoms with Crippen LogP contribution in [0.25, 0.3) is 0 Å². The number of carbonyl (C=O) groups excluding carboxylic acids is 2. The van der Waals surface area contributed by atoms with Gasteiger partial charge in [0.05, 0.1) is 11.8 Å². The third-order valence-corrected chi connectivity index (χ3v) is 4.39. The molecule has 0 spiro atoms. The molecule has 1 aromatic carbocycles. The van der Waals surface area contributed by atoms with E-state index in [1.807, 2.05) is 36.9 Å². The first kappa shape index (κ1) is 17.5. The van der Waals surface area contributed by atoms with E-state index in [9.17, 15) is 9.59 Å². The van der Waals surface area contributed by atoms with Gasteiger partial charge in [0.15, 0.2) is 0 Å². The Hall–Kier alpha value is -1.84. The number of aryl methyl sites for hydroxylation is 2. The SMILES string of the molecule is CCCN(CCC)C(=O)C1CC1C(=O)Nc1cc(C)ccc1C. The van der Waals surface area contributed by atoms with Gasteiger partial charge < -0.3 is 10.2 Å². The number of benzene rings is 1. The molecule has 1 aliphatic carbocycles. The minimum Gasteiger partial charge on any atom is -0.342 e. The minimum atomic E-state index is -0.168. The summed E-state index contributed by atoms with van der Waals surface area (Å²) < 4.78 is 0. The molecule has 0 heterocycles. The van der Waals surface area contributed by atoms with Gasteiger partial charge in [0, 0.05) is 18.8 Å². The van der Waals surface area contributed by atoms with Gasteiger partial charge in [-0.05, 0) is 50.3 Å². The molecule has 1 N–H and O–H groups in total. The number of hydrogen-bond donors (Lipinski definition) is 1. The summed E-state index contributed by atoms with van der Waals surface area (Å²) in [5.74, 6) is -0.170. The van der Waals surface area contributed by atoms with E-state index in [0.29, 0.717) is 6.42 Å². The van der Waals surface area contributed by atoms with Crippen molar-refractivity contribution in [3.05, 3.63) is 29.3 Å². The topological polar surface area (TPSA) is 49.4 Å². The van der Waals surface area contributed by atoms with Gasteiger partial charge in [-0.1, -0.05) is 26.0 Å². The van der Waals surface area contributed by atoms with Crippen LogP contribution in [-0.4, -0.2) is 29.8 Å². The zero-order valence-electron chi connectivity index (χ0n) is 14.7. The fraction of sp³-hybridized carbons (Fsp3) is 0.579. The highest BCUT2D eigenvalue weighted by Gasteiger charge is 2.49. The van der Waals surface area contributed by atoms with E-state index in [-0.39, 0.29) is 23.7 Å². The molecular weight excluding hydrogens is 288 g/mol. The smallest absolute Gasteiger partial charge is 0.228 e. The van der Waals surface area contributed by atoms with Crippen molar-refractivity contribution in [2.45, 2.75) is 47.0 Å². The first-order valence-electron chi connectivity index (χ1n) is 8.64. The van der Waals surface area contributed by atoms with Gasteiger partial charge in [0.1, 0.15) is 0 Å². The number of amides is 2. The number of nitrogens with zero attached hydrogens (tertiary/aromatic N) is 1. The maximum absolute atomic E-state index is 12.5. The van der Waals surface area contributed by atoms with Crippen molar-refractivity contribution in [2.75, 3.05) is 18.4 Å². The van der Waals surface area contributed by atoms with Crippen molar-refractivity contribution >= 4 is 17.5 Å². The molecule has 0 aromatic heterocycles. The van der Waals surface area contributed by atoms with Crippen molar-refractivity contribution < 1.29 is 9.59 Å². The largest absolute Gasteiger partial charge is 0.342 e. The summed E-state index contributed by atoms with van der Waals surface area (Å²) in [7, 11) is 0. The third-order valence-electron chi connectivity index (χ3n) is 4.39. The molecule has 1 saturated carbocycles. The number of anilines is 1. The summed E-state index contributed by atoms with van der Waals surface area (Å²) in [4.78, 5) is 26.8. The van der Waals surface area contributed by atoms with Crippen LogP contribution in [0.1, 0.15) is 44.2 Å². The first-order chi connectivity index (χ1) is 11.0. The molecule has 4 heteroatoms. The molecule has 2 amide bonds. The molecule has 126 valence electrons. The van der Waals surface area contributed by atoms with Gasteiger partial charge in [-0.2, -0.15) is 0 Å². The van der Waals surface area contributed by atoms with Gasteiger partial charge in [-0.15, -0.1) is 0 Å². The standard InChI is InChI=1S/C19H28N2O2/c1-5-9-21(10-6-2)19(23)16-12-15(16)18(22)20-17-11-13(3)7-8-14(17)4/h7-8,11,15-16H,5-6,9-10,12H2,1-4H3,(H,20,22). The summed E-state index contributed by atoms with van der Waals surface area (Å²) in [6.07, 6.45) is 2.59. The Balaban J connectivity index is 1.95. The van der Waals surface area contributed by atoms with Crippen LogP contribution in [0, 0.1) is 25.7 Å². The molecule has 23 heavy (non-hydrogen) atoms. The average molecular weight is 316 g/mol. The van der Waals surface area contributed by atoms with Crippen molar-refractivity contribution in [3.8, 4) is 0 Å². The van der Waals surface area contributed by atoms with E-state index < -0.39 is 0 Å². The molecule has 1 fully saturated rings. The van der Waals surface area contributed by atoms with Gasteiger partial charge in [-0.3, -0.25) is 9.59 Å². The zero-order chi connectivity index (χ0) is 17.0. The molecule has 0 saturated heterocycles. The van der Waals surface area contributed by atoms with Gasteiger partial charge in [0.2, 0.25) is 11.8 Å². The van der Waals surface area contributed by atoms with E-state index in [4.69, 9.17) is 0 Å². The van der Waals surface area contributed by atoms with E-state index >= 15 is 0 Å². The fourth-order valence-electron chi connectivity index (χ4n) is 2.96. The van der Waals surface area contributed by atoms with Crippen LogP contribution in [-0.2, 0) is 9.59 Å². The third kappa shape index (κ3) is 4.34. The Labute approximate surface area is 139 Å². The summed E-state index contributed by atoms with van der Waals surface area (Å²) in [6, 6.07) is 6.01. The molecule has 0 bridgehead atoms. The number of rotatable bonds is 7. The Morgan fingerprint density at radius 2 is 1.78 bits per heavy atom. The molecule has 2 unspecified atom stereocenters. The number of nitrogens with one attached hydrogen (secondary N) is 1. The van der Waals surface area contributed by atoms with Gasteiger partial charge in [0.25, 0.3) is 0 Å². The lowest BCUT2D eigenvalue weighted by Crippen LogP contribution is -2.34. The second kappa shape index (κ2) is 7.62. The highest BCUT2D eigenvalue weighted by Crippen LogP contribution is 2.41. The van der Waals surface area contributed by atoms with Crippen LogP contribution in [0.15, 0.2) is 18.2 Å². The highest BCUT2D eigenvalue weighted by molar-refractivity contribution is 6.00. The monoisotopic (exact) mass is 316 g/mol. The average Bonchev–Trinajstić information content (AvgIpc) is 3.30. The predicted molar refractivity (Wildman–Crippen MR) is 93.3 cm³/mol. The molecule has 1 aliphatic rings. The van der Waals surface area contributed by atoms with E-state index in [2.05, 4.69) is 19.2 Å². The normalized spacial score (nSPS) is 19.3. The van der Waals surface area contributed by atoms with Crippen molar-refractivity contribution in [1.29, 1.82) is 0 Å². The lowest BCUT2D eigenvalue weighted by atomic mass is 10.1. The second-order valence-electron chi connectivity index (χ2n) is 6.58. The van der Waals surface area contributed by atoms with Gasteiger partial charge >= 0.3 is 0 Å². The predicted octanol–water partition coefficient (Wildman–Crippen LogP) is 3.53. The molecular formula is C19H28N2O2. The van der Waals surface area contributed by atoms with E-state index in [1.54, 1.807) is 0 Å². The molecule has 2 atom stereocenters. The lowest BCUT2D eigenvalue weighted by Gasteiger charge is -2.21. The lowest BCUT2D eigenvalue weighted by molar-refractivity contribution is -0.134. The molecule has 0 radical (unpaired) electrons. The Kier molecular flexibility index (Phi) is 5.80. The maximum atomic E-state index is 12.5. The van der Waals surface area contributed by atoms with Crippen LogP contribution >= 0.6 is 0 Å². The van der Waals surface area contributed by atoms with Crippen molar-refractivity contribution in [3.63, 3.8) is 0 Å². The molecule has 0 aliphatic heterocycles.